The van der Waals surface area contributed by atoms with Crippen LogP contribution >= 0.6 is 0 Å². The minimum atomic E-state index is -0.615. The lowest BCUT2D eigenvalue weighted by atomic mass is 9.83. The van der Waals surface area contributed by atoms with Gasteiger partial charge in [-0.3, -0.25) is 0 Å². The maximum absolute atomic E-state index is 12.9. The van der Waals surface area contributed by atoms with E-state index >= 15 is 0 Å². The van der Waals surface area contributed by atoms with Gasteiger partial charge in [-0.1, -0.05) is 164 Å². The lowest BCUT2D eigenvalue weighted by molar-refractivity contribution is 0.475. The van der Waals surface area contributed by atoms with Gasteiger partial charge in [-0.15, -0.1) is 0 Å². The molecule has 21 aromatic rings. The molecule has 0 aliphatic carbocycles. The predicted octanol–water partition coefficient (Wildman–Crippen LogP) is 23.3. The summed E-state index contributed by atoms with van der Waals surface area (Å²) in [6.45, 7) is 22.8. The van der Waals surface area contributed by atoms with Gasteiger partial charge in [-0.2, -0.15) is 56.9 Å². The van der Waals surface area contributed by atoms with Crippen LogP contribution in [-0.4, -0.2) is 98.8 Å². The van der Waals surface area contributed by atoms with Crippen LogP contribution in [0.1, 0.15) is 108 Å². The highest BCUT2D eigenvalue weighted by Gasteiger charge is 2.28. The average molecular weight is 1890 g/mol. The number of hydrogen-bond donors (Lipinski definition) is 2. The molecule has 0 atom stereocenters. The van der Waals surface area contributed by atoms with Crippen LogP contribution in [-0.2, 0) is 55.6 Å². The quantitative estimate of drug-likeness (QED) is 0.0631. The Balaban J connectivity index is 0.000000124. The normalized spacial score (nSPS) is 10.9. The summed E-state index contributed by atoms with van der Waals surface area (Å²) >= 11 is 0. The number of phenolic OH excluding ortho intramolecular Hbond substituents is 2. The zero-order chi connectivity index (χ0) is 101. The van der Waals surface area contributed by atoms with E-state index < -0.39 is 16.4 Å². The number of fused-ring (bicyclic) bond motifs is 3. The molecule has 0 aliphatic heterocycles. The van der Waals surface area contributed by atoms with E-state index in [1.807, 2.05) is 155 Å². The summed E-state index contributed by atoms with van der Waals surface area (Å²) in [6.07, 6.45) is 19.2. The van der Waals surface area contributed by atoms with Crippen LogP contribution in [0.15, 0.2) is 385 Å². The Kier molecular flexibility index (Phi) is 30.5. The van der Waals surface area contributed by atoms with Crippen molar-refractivity contribution in [2.24, 2.45) is 0 Å². The summed E-state index contributed by atoms with van der Waals surface area (Å²) in [5.41, 5.74) is 22.1. The molecular weight excluding hydrogens is 1790 g/mol. The Morgan fingerprint density at radius 3 is 1.03 bits per heavy atom. The second kappa shape index (κ2) is 45.1. The van der Waals surface area contributed by atoms with Gasteiger partial charge in [0.1, 0.15) is 93.2 Å². The number of nitriles is 5. The second-order valence-electron chi connectivity index (χ2n) is 35.8. The van der Waals surface area contributed by atoms with Crippen molar-refractivity contribution < 1.29 is 14.6 Å². The van der Waals surface area contributed by atoms with Crippen LogP contribution in [0, 0.1) is 69.0 Å². The van der Waals surface area contributed by atoms with Crippen molar-refractivity contribution in [3.63, 3.8) is 0 Å². The Morgan fingerprint density at radius 2 is 0.611 bits per heavy atom. The topological polar surface area (TPSA) is 348 Å². The lowest BCUT2D eigenvalue weighted by Crippen LogP contribution is -2.15. The molecule has 0 bridgehead atoms. The van der Waals surface area contributed by atoms with Crippen LogP contribution in [0.3, 0.4) is 0 Å². The zero-order valence-corrected chi connectivity index (χ0v) is 79.6. The van der Waals surface area contributed by atoms with Crippen LogP contribution in [0.2, 0.25) is 0 Å². The van der Waals surface area contributed by atoms with Crippen LogP contribution < -0.4 is 0 Å². The Morgan fingerprint density at radius 1 is 0.285 bits per heavy atom. The molecule has 0 spiro atoms. The standard InChI is InChI=1S/C23H20N4O.C23H20N4.C20H17N5.C19H15N3O.C17H11N5.C15H12FN3/c1-23(2,24-3)21-9-16(13-27-15-25-14-26-27)8-20(11-21)18-4-5-19-12-22(28)7-6-17(19)10-18;1-23(2,14-24)22-10-17(13-27-16-25-15-26-27)9-21(12-22)20-8-7-18-5-3-4-6-19(18)11-20;1-20(2,12-22)19-8-16(11-25-14-23-13-24-25)7-18(9-19)17-5-3-4-15(6-17)10-21;23-19-7-6-17-9-16(4-5-18(17)10-19)15-3-1-2-14(8-15)11-22-13-20-12-21-22;18-8-13-1-3-14(4-2-13)15-5-6-16(9-19)17(7-15)10-22-12-20-11-21-22;16-15-6-4-13(5-7-15)14-3-1-2-12(8-14)9-19-11-17-10-18-19/h4-12,14-15,28H,13H2,1-2H3;3-12,15-16H,13H2,1-2H3;3-9,13-14H,11H2,1-2H3;1-10,12-13,23H,11H2;1-7,11-12H,10H2;1-8,10-11H,9H2. The Hall–Kier alpha value is -19.6. The van der Waals surface area contributed by atoms with Crippen LogP contribution in [0.4, 0.5) is 4.39 Å². The summed E-state index contributed by atoms with van der Waals surface area (Å²) in [5.74, 6) is 0.332. The molecule has 0 unspecified atom stereocenters. The molecule has 21 rings (SSSR count). The zero-order valence-electron chi connectivity index (χ0n) is 79.6. The van der Waals surface area contributed by atoms with Gasteiger partial charge in [0, 0.05) is 19.4 Å². The number of nitrogens with zero attached hydrogens (tertiary/aromatic N) is 24. The van der Waals surface area contributed by atoms with E-state index in [2.05, 4.69) is 223 Å². The summed E-state index contributed by atoms with van der Waals surface area (Å²) in [7, 11) is 0. The molecule has 6 heterocycles. The number of phenols is 2. The molecule has 0 amide bonds. The molecule has 144 heavy (non-hydrogen) atoms. The summed E-state index contributed by atoms with van der Waals surface area (Å²) in [4.78, 5) is 27.6. The second-order valence-corrected chi connectivity index (χ2v) is 35.8. The smallest absolute Gasteiger partial charge is 0.252 e. The molecule has 27 heteroatoms. The van der Waals surface area contributed by atoms with E-state index in [9.17, 15) is 30.4 Å². The molecule has 6 aromatic heterocycles. The maximum Gasteiger partial charge on any atom is 0.252 e. The van der Waals surface area contributed by atoms with Gasteiger partial charge in [0.15, 0.2) is 0 Å². The fraction of sp³-hybridized carbons (Fsp3) is 0.128. The first-order valence-electron chi connectivity index (χ1n) is 45.9. The largest absolute Gasteiger partial charge is 0.508 e. The first-order valence-corrected chi connectivity index (χ1v) is 45.9. The fourth-order valence-electron chi connectivity index (χ4n) is 16.2. The van der Waals surface area contributed by atoms with Crippen molar-refractivity contribution in [1.82, 2.24) is 88.6 Å². The molecule has 15 aromatic carbocycles. The first-order chi connectivity index (χ1) is 69.9. The minimum Gasteiger partial charge on any atom is -0.508 e. The maximum atomic E-state index is 12.9. The van der Waals surface area contributed by atoms with Gasteiger partial charge in [-0.25, -0.2) is 69.0 Å². The van der Waals surface area contributed by atoms with Crippen LogP contribution in [0.5, 0.6) is 11.5 Å². The number of halogens is 1. The van der Waals surface area contributed by atoms with Crippen molar-refractivity contribution in [2.75, 3.05) is 0 Å². The third kappa shape index (κ3) is 25.4. The van der Waals surface area contributed by atoms with Gasteiger partial charge < -0.3 is 15.1 Å². The number of benzene rings is 15. The van der Waals surface area contributed by atoms with E-state index in [4.69, 9.17) is 17.1 Å². The third-order valence-corrected chi connectivity index (χ3v) is 24.1. The average Bonchev–Trinajstić information content (AvgIpc) is 0.829. The van der Waals surface area contributed by atoms with Crippen LogP contribution in [0.25, 0.3) is 104 Å². The molecule has 702 valence electrons. The first kappa shape index (κ1) is 97.5. The minimum absolute atomic E-state index is 0.220. The molecule has 0 aliphatic rings. The van der Waals surface area contributed by atoms with Crippen molar-refractivity contribution in [1.29, 1.82) is 26.3 Å². The SMILES string of the molecule is CC(C)(C#N)c1cc(Cn2cncn2)cc(-c2ccc3ccccc3c2)c1.CC(C)(C#N)c1cc(Cn2cncn2)cc(-c2cccc(C#N)c2)c1.Fc1ccc(-c2cccc(Cn3cncn3)c2)cc1.N#Cc1ccc(-c2ccc(C#N)c(Cn3cncn3)c2)cc1.Oc1ccc2cc(-c3cccc(Cn4cncn4)c3)ccc2c1.[C-]#[N+]C(C)(C)c1cc(Cn2cncn2)cc(-c2ccc3cc(O)ccc3c2)c1. The molecule has 2 N–H and O–H groups in total. The Bertz CT molecular complexity index is 8290. The number of rotatable bonds is 21. The molecular formula is C117H95FN24O2. The third-order valence-electron chi connectivity index (χ3n) is 24.1. The van der Waals surface area contributed by atoms with Gasteiger partial charge >= 0.3 is 0 Å². The summed E-state index contributed by atoms with van der Waals surface area (Å²) in [5, 5.41) is 97.1. The number of aromatic nitrogens is 18. The van der Waals surface area contributed by atoms with E-state index in [-0.39, 0.29) is 11.6 Å². The number of aromatic hydroxyl groups is 2. The van der Waals surface area contributed by atoms with Crippen molar-refractivity contribution in [3.8, 4) is 109 Å². The van der Waals surface area contributed by atoms with E-state index in [1.165, 1.54) is 60.1 Å². The van der Waals surface area contributed by atoms with Gasteiger partial charge in [0.2, 0.25) is 0 Å². The van der Waals surface area contributed by atoms with E-state index in [1.54, 1.807) is 128 Å². The van der Waals surface area contributed by atoms with Gasteiger partial charge in [0.25, 0.3) is 5.54 Å². The highest BCUT2D eigenvalue weighted by atomic mass is 19.1. The highest BCUT2D eigenvalue weighted by molar-refractivity contribution is 5.91. The molecule has 0 fully saturated rings. The molecule has 0 radical (unpaired) electrons. The molecule has 0 saturated carbocycles. The lowest BCUT2D eigenvalue weighted by Gasteiger charge is -2.19. The van der Waals surface area contributed by atoms with Crippen molar-refractivity contribution in [3.05, 3.63) is 469 Å². The van der Waals surface area contributed by atoms with Crippen molar-refractivity contribution in [2.45, 2.75) is 97.2 Å². The molecule has 26 nitrogen and oxygen atoms in total. The van der Waals surface area contributed by atoms with Gasteiger partial charge in [-0.05, 0) is 317 Å². The van der Waals surface area contributed by atoms with Crippen molar-refractivity contribution >= 4 is 32.3 Å². The van der Waals surface area contributed by atoms with Gasteiger partial charge in [0.05, 0.1) is 97.1 Å². The number of hydrogen-bond acceptors (Lipinski definition) is 19. The molecule has 0 saturated heterocycles. The Labute approximate surface area is 831 Å². The van der Waals surface area contributed by atoms with E-state index in [0.29, 0.717) is 61.7 Å². The predicted molar refractivity (Wildman–Crippen MR) is 553 cm³/mol. The fourth-order valence-corrected chi connectivity index (χ4v) is 16.2. The van der Waals surface area contributed by atoms with E-state index in [0.717, 1.165) is 133 Å². The highest BCUT2D eigenvalue weighted by Crippen LogP contribution is 2.38. The summed E-state index contributed by atoms with van der Waals surface area (Å²) < 4.78 is 23.5. The summed E-state index contributed by atoms with van der Waals surface area (Å²) in [6, 6.07) is 112. The monoisotopic (exact) mass is 1890 g/mol.